The molecule has 0 aliphatic heterocycles. The minimum absolute atomic E-state index is 0.122. The molecule has 7 heteroatoms. The zero-order chi connectivity index (χ0) is 19.0. The topological polar surface area (TPSA) is 76.0 Å². The molecule has 0 atom stereocenters. The molecular formula is C20H22N4O2S. The van der Waals surface area contributed by atoms with Gasteiger partial charge in [0, 0.05) is 23.7 Å². The predicted octanol–water partition coefficient (Wildman–Crippen LogP) is 4.73. The van der Waals surface area contributed by atoms with Gasteiger partial charge in [-0.05, 0) is 50.1 Å². The lowest BCUT2D eigenvalue weighted by atomic mass is 10.2. The molecule has 1 aliphatic carbocycles. The van der Waals surface area contributed by atoms with Crippen molar-refractivity contribution < 1.29 is 9.59 Å². The molecule has 2 N–H and O–H groups in total. The maximum atomic E-state index is 12.7. The number of fused-ring (bicyclic) bond motifs is 1. The molecule has 2 heterocycles. The van der Waals surface area contributed by atoms with Crippen LogP contribution in [0.25, 0.3) is 10.2 Å². The summed E-state index contributed by atoms with van der Waals surface area (Å²) in [5, 5.41) is 11.4. The first-order chi connectivity index (χ1) is 13.0. The van der Waals surface area contributed by atoms with E-state index < -0.39 is 0 Å². The van der Waals surface area contributed by atoms with E-state index in [-0.39, 0.29) is 11.8 Å². The van der Waals surface area contributed by atoms with Crippen LogP contribution in [-0.2, 0) is 4.79 Å². The van der Waals surface area contributed by atoms with E-state index in [1.54, 1.807) is 24.3 Å². The number of amides is 2. The summed E-state index contributed by atoms with van der Waals surface area (Å²) in [5.41, 5.74) is 2.38. The third-order valence-electron chi connectivity index (χ3n) is 4.93. The highest BCUT2D eigenvalue weighted by Gasteiger charge is 2.23. The Morgan fingerprint density at radius 2 is 1.74 bits per heavy atom. The fraction of sp³-hybridized carbons (Fsp3) is 0.350. The van der Waals surface area contributed by atoms with E-state index in [0.717, 1.165) is 28.8 Å². The van der Waals surface area contributed by atoms with Gasteiger partial charge in [0.25, 0.3) is 5.91 Å². The van der Waals surface area contributed by atoms with Crippen LogP contribution in [0.15, 0.2) is 30.3 Å². The van der Waals surface area contributed by atoms with Crippen LogP contribution >= 0.6 is 11.3 Å². The first-order valence-electron chi connectivity index (χ1n) is 9.19. The van der Waals surface area contributed by atoms with Crippen molar-refractivity contribution in [2.75, 3.05) is 10.6 Å². The Bertz CT molecular complexity index is 997. The molecule has 0 radical (unpaired) electrons. The van der Waals surface area contributed by atoms with Crippen molar-refractivity contribution in [1.82, 2.24) is 9.78 Å². The fourth-order valence-corrected chi connectivity index (χ4v) is 4.74. The minimum atomic E-state index is -0.124. The van der Waals surface area contributed by atoms with Crippen LogP contribution in [0.4, 0.5) is 11.4 Å². The first-order valence-corrected chi connectivity index (χ1v) is 10.0. The number of anilines is 2. The van der Waals surface area contributed by atoms with Gasteiger partial charge in [0.15, 0.2) is 0 Å². The molecule has 2 amide bonds. The van der Waals surface area contributed by atoms with Crippen molar-refractivity contribution in [3.05, 3.63) is 40.9 Å². The molecule has 0 bridgehead atoms. The molecule has 140 valence electrons. The van der Waals surface area contributed by atoms with E-state index >= 15 is 0 Å². The number of thiophene rings is 1. The van der Waals surface area contributed by atoms with E-state index in [1.807, 2.05) is 13.0 Å². The number of carbonyl (C=O) groups excluding carboxylic acids is 2. The standard InChI is InChI=1S/C20H22N4O2S/c1-12-17-11-18(27-20(17)24(23-12)16-5-3-4-6-16)19(26)22-15-9-7-14(8-10-15)21-13(2)25/h7-11,16H,3-6H2,1-2H3,(H,21,25)(H,22,26). The normalized spacial score (nSPS) is 14.6. The highest BCUT2D eigenvalue weighted by atomic mass is 32.1. The molecule has 6 nitrogen and oxygen atoms in total. The van der Waals surface area contributed by atoms with E-state index in [9.17, 15) is 9.59 Å². The van der Waals surface area contributed by atoms with E-state index in [4.69, 9.17) is 5.10 Å². The lowest BCUT2D eigenvalue weighted by Crippen LogP contribution is -2.11. The third-order valence-corrected chi connectivity index (χ3v) is 6.05. The van der Waals surface area contributed by atoms with Crippen molar-refractivity contribution in [3.8, 4) is 0 Å². The summed E-state index contributed by atoms with van der Waals surface area (Å²) in [6, 6.07) is 9.49. The number of carbonyl (C=O) groups is 2. The maximum absolute atomic E-state index is 12.7. The molecule has 4 rings (SSSR count). The molecule has 0 spiro atoms. The van der Waals surface area contributed by atoms with Gasteiger partial charge in [-0.15, -0.1) is 11.3 Å². The average Bonchev–Trinajstić information content (AvgIpc) is 3.34. The van der Waals surface area contributed by atoms with Crippen LogP contribution in [-0.4, -0.2) is 21.6 Å². The Hall–Kier alpha value is -2.67. The largest absolute Gasteiger partial charge is 0.326 e. The van der Waals surface area contributed by atoms with Gasteiger partial charge >= 0.3 is 0 Å². The SMILES string of the molecule is CC(=O)Nc1ccc(NC(=O)c2cc3c(C)nn(C4CCCC4)c3s2)cc1. The van der Waals surface area contributed by atoms with Crippen molar-refractivity contribution in [1.29, 1.82) is 0 Å². The highest BCUT2D eigenvalue weighted by Crippen LogP contribution is 2.36. The second-order valence-electron chi connectivity index (χ2n) is 7.01. The Kier molecular flexibility index (Phi) is 4.70. The van der Waals surface area contributed by atoms with Crippen LogP contribution < -0.4 is 10.6 Å². The van der Waals surface area contributed by atoms with E-state index in [0.29, 0.717) is 22.3 Å². The van der Waals surface area contributed by atoms with E-state index in [1.165, 1.54) is 31.1 Å². The zero-order valence-corrected chi connectivity index (χ0v) is 16.2. The number of aryl methyl sites for hydroxylation is 1. The molecule has 1 fully saturated rings. The molecule has 1 aromatic carbocycles. The number of benzene rings is 1. The smallest absolute Gasteiger partial charge is 0.265 e. The van der Waals surface area contributed by atoms with Crippen molar-refractivity contribution in [2.24, 2.45) is 0 Å². The molecule has 0 saturated heterocycles. The van der Waals surface area contributed by atoms with Gasteiger partial charge in [-0.1, -0.05) is 12.8 Å². The highest BCUT2D eigenvalue weighted by molar-refractivity contribution is 7.20. The monoisotopic (exact) mass is 382 g/mol. The summed E-state index contributed by atoms with van der Waals surface area (Å²) >= 11 is 1.50. The van der Waals surface area contributed by atoms with Gasteiger partial charge < -0.3 is 10.6 Å². The number of nitrogens with one attached hydrogen (secondary N) is 2. The molecule has 27 heavy (non-hydrogen) atoms. The van der Waals surface area contributed by atoms with Crippen molar-refractivity contribution >= 4 is 44.7 Å². The Balaban J connectivity index is 1.54. The van der Waals surface area contributed by atoms with E-state index in [2.05, 4.69) is 15.3 Å². The molecule has 2 aromatic heterocycles. The first kappa shape index (κ1) is 17.7. The zero-order valence-electron chi connectivity index (χ0n) is 15.4. The van der Waals surface area contributed by atoms with Crippen LogP contribution in [0.3, 0.4) is 0 Å². The number of hydrogen-bond donors (Lipinski definition) is 2. The van der Waals surface area contributed by atoms with Gasteiger partial charge in [-0.3, -0.25) is 14.3 Å². The Labute approximate surface area is 161 Å². The second kappa shape index (κ2) is 7.15. The minimum Gasteiger partial charge on any atom is -0.326 e. The van der Waals surface area contributed by atoms with Gasteiger partial charge in [-0.2, -0.15) is 5.10 Å². The van der Waals surface area contributed by atoms with Gasteiger partial charge in [0.05, 0.1) is 16.6 Å². The van der Waals surface area contributed by atoms with Crippen molar-refractivity contribution in [2.45, 2.75) is 45.6 Å². The number of hydrogen-bond acceptors (Lipinski definition) is 4. The predicted molar refractivity (Wildman–Crippen MR) is 109 cm³/mol. The lowest BCUT2D eigenvalue weighted by molar-refractivity contribution is -0.114. The van der Waals surface area contributed by atoms with Gasteiger partial charge in [0.2, 0.25) is 5.91 Å². The number of aromatic nitrogens is 2. The quantitative estimate of drug-likeness (QED) is 0.685. The van der Waals surface area contributed by atoms with Crippen LogP contribution in [0.2, 0.25) is 0 Å². The van der Waals surface area contributed by atoms with Crippen molar-refractivity contribution in [3.63, 3.8) is 0 Å². The maximum Gasteiger partial charge on any atom is 0.265 e. The van der Waals surface area contributed by atoms with Crippen LogP contribution in [0.5, 0.6) is 0 Å². The van der Waals surface area contributed by atoms with Gasteiger partial charge in [-0.25, -0.2) is 0 Å². The molecule has 3 aromatic rings. The molecule has 1 aliphatic rings. The van der Waals surface area contributed by atoms with Gasteiger partial charge in [0.1, 0.15) is 4.83 Å². The Morgan fingerprint density at radius 3 is 2.37 bits per heavy atom. The molecular weight excluding hydrogens is 360 g/mol. The van der Waals surface area contributed by atoms with Crippen LogP contribution in [0, 0.1) is 6.92 Å². The fourth-order valence-electron chi connectivity index (χ4n) is 3.61. The summed E-state index contributed by atoms with van der Waals surface area (Å²) in [5.74, 6) is -0.246. The number of rotatable bonds is 4. The Morgan fingerprint density at radius 1 is 1.11 bits per heavy atom. The second-order valence-corrected chi connectivity index (χ2v) is 8.04. The molecule has 1 saturated carbocycles. The van der Waals surface area contributed by atoms with Crippen LogP contribution in [0.1, 0.15) is 54.0 Å². The number of nitrogens with zero attached hydrogens (tertiary/aromatic N) is 2. The lowest BCUT2D eigenvalue weighted by Gasteiger charge is -2.10. The summed E-state index contributed by atoms with van der Waals surface area (Å²) in [6.45, 7) is 3.47. The third kappa shape index (κ3) is 3.60. The summed E-state index contributed by atoms with van der Waals surface area (Å²) < 4.78 is 2.13. The summed E-state index contributed by atoms with van der Waals surface area (Å²) in [4.78, 5) is 25.5. The summed E-state index contributed by atoms with van der Waals surface area (Å²) in [7, 11) is 0. The molecule has 0 unspecified atom stereocenters. The average molecular weight is 382 g/mol. The summed E-state index contributed by atoms with van der Waals surface area (Å²) in [6.07, 6.45) is 4.82.